The SMILES string of the molecule is CN(C)C1OC(c2cnco2)=CN1c1ccccc1. The number of rotatable bonds is 3. The summed E-state index contributed by atoms with van der Waals surface area (Å²) >= 11 is 0. The van der Waals surface area contributed by atoms with E-state index in [4.69, 9.17) is 9.15 Å². The Balaban J connectivity index is 1.95. The van der Waals surface area contributed by atoms with E-state index in [0.717, 1.165) is 5.69 Å². The largest absolute Gasteiger partial charge is 0.451 e. The second-order valence-electron chi connectivity index (χ2n) is 4.51. The fourth-order valence-electron chi connectivity index (χ4n) is 2.01. The molecule has 0 saturated carbocycles. The Hall–Kier alpha value is -2.27. The third-order valence-electron chi connectivity index (χ3n) is 2.90. The maximum Gasteiger partial charge on any atom is 0.236 e. The number of anilines is 1. The normalized spacial score (nSPS) is 18.6. The van der Waals surface area contributed by atoms with Gasteiger partial charge < -0.3 is 9.15 Å². The van der Waals surface area contributed by atoms with Gasteiger partial charge in [0.1, 0.15) is 0 Å². The van der Waals surface area contributed by atoms with Gasteiger partial charge >= 0.3 is 0 Å². The van der Waals surface area contributed by atoms with Crippen molar-refractivity contribution in [3.63, 3.8) is 0 Å². The third kappa shape index (κ3) is 2.20. The molecule has 1 atom stereocenters. The maximum atomic E-state index is 5.91. The van der Waals surface area contributed by atoms with Crippen LogP contribution in [0.4, 0.5) is 5.69 Å². The quantitative estimate of drug-likeness (QED) is 0.844. The second-order valence-corrected chi connectivity index (χ2v) is 4.51. The fourth-order valence-corrected chi connectivity index (χ4v) is 2.01. The van der Waals surface area contributed by atoms with E-state index in [1.807, 2.05) is 55.5 Å². The van der Waals surface area contributed by atoms with Crippen LogP contribution >= 0.6 is 0 Å². The molecule has 5 nitrogen and oxygen atoms in total. The molecule has 0 fully saturated rings. The first-order chi connectivity index (χ1) is 9.25. The van der Waals surface area contributed by atoms with Gasteiger partial charge in [0.2, 0.25) is 6.35 Å². The molecule has 19 heavy (non-hydrogen) atoms. The highest BCUT2D eigenvalue weighted by Gasteiger charge is 2.30. The highest BCUT2D eigenvalue weighted by atomic mass is 16.5. The van der Waals surface area contributed by atoms with Crippen LogP contribution in [0.3, 0.4) is 0 Å². The number of ether oxygens (including phenoxy) is 1. The Morgan fingerprint density at radius 1 is 1.21 bits per heavy atom. The van der Waals surface area contributed by atoms with Crippen molar-refractivity contribution in [1.29, 1.82) is 0 Å². The molecule has 0 aliphatic carbocycles. The molecule has 3 rings (SSSR count). The molecule has 2 heterocycles. The molecule has 0 bridgehead atoms. The summed E-state index contributed by atoms with van der Waals surface area (Å²) in [6.07, 6.45) is 4.78. The molecule has 1 aromatic heterocycles. The number of para-hydroxylation sites is 1. The van der Waals surface area contributed by atoms with Crippen LogP contribution in [0, 0.1) is 0 Å². The van der Waals surface area contributed by atoms with E-state index < -0.39 is 0 Å². The Kier molecular flexibility index (Phi) is 2.97. The molecule has 0 radical (unpaired) electrons. The van der Waals surface area contributed by atoms with Crippen molar-refractivity contribution in [2.45, 2.75) is 6.35 Å². The molecule has 0 amide bonds. The first-order valence-electron chi connectivity index (χ1n) is 6.03. The minimum atomic E-state index is -0.192. The van der Waals surface area contributed by atoms with E-state index in [-0.39, 0.29) is 6.35 Å². The van der Waals surface area contributed by atoms with E-state index in [9.17, 15) is 0 Å². The molecular formula is C14H15N3O2. The number of oxazole rings is 1. The van der Waals surface area contributed by atoms with E-state index in [0.29, 0.717) is 11.5 Å². The summed E-state index contributed by atoms with van der Waals surface area (Å²) in [7, 11) is 3.94. The van der Waals surface area contributed by atoms with Crippen LogP contribution in [-0.4, -0.2) is 30.3 Å². The van der Waals surface area contributed by atoms with Crippen LogP contribution in [0.25, 0.3) is 5.76 Å². The van der Waals surface area contributed by atoms with Crippen molar-refractivity contribution in [3.8, 4) is 0 Å². The van der Waals surface area contributed by atoms with E-state index in [1.54, 1.807) is 6.20 Å². The molecule has 1 aliphatic heterocycles. The number of hydrogen-bond acceptors (Lipinski definition) is 5. The van der Waals surface area contributed by atoms with Gasteiger partial charge in [0.05, 0.1) is 12.4 Å². The Morgan fingerprint density at radius 3 is 2.63 bits per heavy atom. The summed E-state index contributed by atoms with van der Waals surface area (Å²) in [5.74, 6) is 1.31. The van der Waals surface area contributed by atoms with Gasteiger partial charge in [0, 0.05) is 5.69 Å². The van der Waals surface area contributed by atoms with Crippen LogP contribution in [0.1, 0.15) is 5.76 Å². The molecule has 0 N–H and O–H groups in total. The maximum absolute atomic E-state index is 5.91. The summed E-state index contributed by atoms with van der Waals surface area (Å²) in [5, 5.41) is 0. The van der Waals surface area contributed by atoms with Gasteiger partial charge in [-0.2, -0.15) is 0 Å². The average Bonchev–Trinajstić information content (AvgIpc) is 3.08. The van der Waals surface area contributed by atoms with E-state index in [1.165, 1.54) is 6.39 Å². The van der Waals surface area contributed by atoms with Crippen LogP contribution in [-0.2, 0) is 4.74 Å². The first-order valence-corrected chi connectivity index (χ1v) is 6.03. The summed E-state index contributed by atoms with van der Waals surface area (Å²) in [6, 6.07) is 10.1. The smallest absolute Gasteiger partial charge is 0.236 e. The summed E-state index contributed by atoms with van der Waals surface area (Å²) in [5.41, 5.74) is 1.07. The van der Waals surface area contributed by atoms with Crippen molar-refractivity contribution in [3.05, 3.63) is 54.9 Å². The zero-order valence-corrected chi connectivity index (χ0v) is 10.9. The lowest BCUT2D eigenvalue weighted by molar-refractivity contribution is 0.0573. The van der Waals surface area contributed by atoms with E-state index in [2.05, 4.69) is 9.88 Å². The Labute approximate surface area is 111 Å². The topological polar surface area (TPSA) is 41.7 Å². The monoisotopic (exact) mass is 257 g/mol. The van der Waals surface area contributed by atoms with Crippen molar-refractivity contribution in [2.24, 2.45) is 0 Å². The highest BCUT2D eigenvalue weighted by molar-refractivity contribution is 5.64. The van der Waals surface area contributed by atoms with Crippen LogP contribution in [0.2, 0.25) is 0 Å². The molecule has 1 aliphatic rings. The van der Waals surface area contributed by atoms with Crippen molar-refractivity contribution in [1.82, 2.24) is 9.88 Å². The lowest BCUT2D eigenvalue weighted by atomic mass is 10.3. The van der Waals surface area contributed by atoms with Gasteiger partial charge in [0.25, 0.3) is 0 Å². The number of nitrogens with zero attached hydrogens (tertiary/aromatic N) is 3. The standard InChI is InChI=1S/C14H15N3O2/c1-16(2)14-17(11-6-4-3-5-7-11)9-13(19-14)12-8-15-10-18-12/h3-10,14H,1-2H3. The zero-order valence-electron chi connectivity index (χ0n) is 10.9. The summed E-state index contributed by atoms with van der Waals surface area (Å²) in [6.45, 7) is 0. The Bertz CT molecular complexity index is 564. The highest BCUT2D eigenvalue weighted by Crippen LogP contribution is 2.31. The molecule has 2 aromatic rings. The van der Waals surface area contributed by atoms with E-state index >= 15 is 0 Å². The first kappa shape index (κ1) is 11.8. The molecule has 1 aromatic carbocycles. The Morgan fingerprint density at radius 2 is 2.00 bits per heavy atom. The van der Waals surface area contributed by atoms with Gasteiger partial charge in [-0.1, -0.05) is 18.2 Å². The van der Waals surface area contributed by atoms with Crippen LogP contribution < -0.4 is 4.90 Å². The molecule has 1 unspecified atom stereocenters. The number of hydrogen-bond donors (Lipinski definition) is 0. The van der Waals surface area contributed by atoms with Crippen molar-refractivity contribution < 1.29 is 9.15 Å². The minimum absolute atomic E-state index is 0.192. The van der Waals surface area contributed by atoms with Crippen LogP contribution in [0.5, 0.6) is 0 Å². The lowest BCUT2D eigenvalue weighted by Crippen LogP contribution is -2.40. The van der Waals surface area contributed by atoms with Crippen molar-refractivity contribution >= 4 is 11.4 Å². The summed E-state index contributed by atoms with van der Waals surface area (Å²) < 4.78 is 11.2. The molecule has 5 heteroatoms. The van der Waals surface area contributed by atoms with Crippen LogP contribution in [0.15, 0.2) is 53.5 Å². The van der Waals surface area contributed by atoms with Gasteiger partial charge in [-0.15, -0.1) is 0 Å². The molecule has 98 valence electrons. The predicted octanol–water partition coefficient (Wildman–Crippen LogP) is 2.36. The van der Waals surface area contributed by atoms with Gasteiger partial charge in [-0.05, 0) is 26.2 Å². The predicted molar refractivity (Wildman–Crippen MR) is 72.0 cm³/mol. The number of benzene rings is 1. The van der Waals surface area contributed by atoms with Gasteiger partial charge in [-0.25, -0.2) is 4.98 Å². The molecule has 0 saturated heterocycles. The zero-order chi connectivity index (χ0) is 13.2. The summed E-state index contributed by atoms with van der Waals surface area (Å²) in [4.78, 5) is 7.96. The van der Waals surface area contributed by atoms with Gasteiger partial charge in [0.15, 0.2) is 17.9 Å². The fraction of sp³-hybridized carbons (Fsp3) is 0.214. The molecule has 0 spiro atoms. The minimum Gasteiger partial charge on any atom is -0.451 e. The van der Waals surface area contributed by atoms with Crippen molar-refractivity contribution in [2.75, 3.05) is 19.0 Å². The van der Waals surface area contributed by atoms with Gasteiger partial charge in [-0.3, -0.25) is 9.80 Å². The second kappa shape index (κ2) is 4.78. The molecular weight excluding hydrogens is 242 g/mol. The average molecular weight is 257 g/mol. The number of aromatic nitrogens is 1. The third-order valence-corrected chi connectivity index (χ3v) is 2.90. The lowest BCUT2D eigenvalue weighted by Gasteiger charge is -2.29.